The SMILES string of the molecule is COc1c(C)c(O)c(O)c(Br)c1Cc1cc(O)c(O)c(Br)c1Br. The molecule has 0 aliphatic carbocycles. The van der Waals surface area contributed by atoms with Crippen molar-refractivity contribution >= 4 is 47.8 Å². The Hall–Kier alpha value is -1.12. The van der Waals surface area contributed by atoms with Gasteiger partial charge in [0.15, 0.2) is 23.0 Å². The van der Waals surface area contributed by atoms with E-state index in [1.165, 1.54) is 13.2 Å². The fourth-order valence-electron chi connectivity index (χ4n) is 2.27. The molecule has 2 rings (SSSR count). The van der Waals surface area contributed by atoms with Crippen molar-refractivity contribution in [3.05, 3.63) is 36.2 Å². The number of halogens is 3. The first-order valence-corrected chi connectivity index (χ1v) is 8.74. The van der Waals surface area contributed by atoms with E-state index in [2.05, 4.69) is 47.8 Å². The molecule has 0 aromatic heterocycles. The molecule has 23 heavy (non-hydrogen) atoms. The molecule has 0 amide bonds. The van der Waals surface area contributed by atoms with Crippen molar-refractivity contribution in [2.45, 2.75) is 13.3 Å². The van der Waals surface area contributed by atoms with Crippen molar-refractivity contribution in [3.8, 4) is 28.7 Å². The summed E-state index contributed by atoms with van der Waals surface area (Å²) in [6, 6.07) is 1.41. The predicted octanol–water partition coefficient (Wildman–Crippen LogP) is 4.70. The van der Waals surface area contributed by atoms with E-state index in [0.717, 1.165) is 0 Å². The molecule has 0 saturated heterocycles. The van der Waals surface area contributed by atoms with Gasteiger partial charge in [-0.05, 0) is 66.3 Å². The van der Waals surface area contributed by atoms with Gasteiger partial charge in [0.2, 0.25) is 0 Å². The van der Waals surface area contributed by atoms with Crippen molar-refractivity contribution in [2.24, 2.45) is 0 Å². The van der Waals surface area contributed by atoms with Gasteiger partial charge in [0.05, 0.1) is 16.1 Å². The van der Waals surface area contributed by atoms with Crippen LogP contribution >= 0.6 is 47.8 Å². The number of rotatable bonds is 3. The van der Waals surface area contributed by atoms with Gasteiger partial charge in [0.25, 0.3) is 0 Å². The second-order valence-electron chi connectivity index (χ2n) is 4.86. The first-order valence-electron chi connectivity index (χ1n) is 6.36. The van der Waals surface area contributed by atoms with E-state index in [1.807, 2.05) is 0 Å². The summed E-state index contributed by atoms with van der Waals surface area (Å²) in [5, 5.41) is 39.5. The Morgan fingerprint density at radius 3 is 2.09 bits per heavy atom. The summed E-state index contributed by atoms with van der Waals surface area (Å²) >= 11 is 9.82. The number of methoxy groups -OCH3 is 1. The lowest BCUT2D eigenvalue weighted by Gasteiger charge is -2.18. The minimum absolute atomic E-state index is 0.258. The van der Waals surface area contributed by atoms with Crippen molar-refractivity contribution in [2.75, 3.05) is 7.11 Å². The van der Waals surface area contributed by atoms with Crippen LogP contribution in [-0.4, -0.2) is 27.5 Å². The normalized spacial score (nSPS) is 10.8. The summed E-state index contributed by atoms with van der Waals surface area (Å²) in [7, 11) is 1.47. The third-order valence-electron chi connectivity index (χ3n) is 3.47. The lowest BCUT2D eigenvalue weighted by Crippen LogP contribution is -2.00. The highest BCUT2D eigenvalue weighted by Crippen LogP contribution is 2.48. The van der Waals surface area contributed by atoms with Crippen LogP contribution in [0.25, 0.3) is 0 Å². The summed E-state index contributed by atoms with van der Waals surface area (Å²) in [5.74, 6) is -0.660. The van der Waals surface area contributed by atoms with E-state index in [4.69, 9.17) is 4.74 Å². The van der Waals surface area contributed by atoms with Crippen molar-refractivity contribution in [1.82, 2.24) is 0 Å². The number of hydrogen-bond donors (Lipinski definition) is 4. The second-order valence-corrected chi connectivity index (χ2v) is 7.24. The lowest BCUT2D eigenvalue weighted by atomic mass is 10.00. The van der Waals surface area contributed by atoms with Gasteiger partial charge >= 0.3 is 0 Å². The van der Waals surface area contributed by atoms with Crippen molar-refractivity contribution in [1.29, 1.82) is 0 Å². The average molecular weight is 513 g/mol. The van der Waals surface area contributed by atoms with Crippen LogP contribution in [0.4, 0.5) is 0 Å². The van der Waals surface area contributed by atoms with Gasteiger partial charge in [-0.15, -0.1) is 0 Å². The number of phenolic OH excluding ortho intramolecular Hbond substituents is 4. The second kappa shape index (κ2) is 6.78. The predicted molar refractivity (Wildman–Crippen MR) is 96.7 cm³/mol. The van der Waals surface area contributed by atoms with Crippen LogP contribution < -0.4 is 4.74 Å². The fraction of sp³-hybridized carbons (Fsp3) is 0.200. The van der Waals surface area contributed by atoms with E-state index in [9.17, 15) is 20.4 Å². The molecule has 8 heteroatoms. The molecule has 5 nitrogen and oxygen atoms in total. The van der Waals surface area contributed by atoms with Crippen LogP contribution in [0.3, 0.4) is 0 Å². The summed E-state index contributed by atoms with van der Waals surface area (Å²) in [4.78, 5) is 0. The molecule has 0 radical (unpaired) electrons. The van der Waals surface area contributed by atoms with Gasteiger partial charge in [-0.25, -0.2) is 0 Å². The molecule has 0 spiro atoms. The Kier molecular flexibility index (Phi) is 5.37. The van der Waals surface area contributed by atoms with Crippen LogP contribution in [0.1, 0.15) is 16.7 Å². The van der Waals surface area contributed by atoms with Gasteiger partial charge in [0.1, 0.15) is 5.75 Å². The molecule has 2 aromatic rings. The molecule has 2 aromatic carbocycles. The maximum Gasteiger partial charge on any atom is 0.173 e. The van der Waals surface area contributed by atoms with Gasteiger partial charge < -0.3 is 25.2 Å². The number of benzene rings is 2. The molecule has 0 bridgehead atoms. The zero-order valence-corrected chi connectivity index (χ0v) is 16.9. The quantitative estimate of drug-likeness (QED) is 0.447. The zero-order valence-electron chi connectivity index (χ0n) is 12.1. The molecule has 0 saturated carbocycles. The monoisotopic (exact) mass is 510 g/mol. The molecule has 0 aliphatic heterocycles. The van der Waals surface area contributed by atoms with E-state index < -0.39 is 0 Å². The highest BCUT2D eigenvalue weighted by molar-refractivity contribution is 9.13. The van der Waals surface area contributed by atoms with E-state index in [0.29, 0.717) is 35.9 Å². The highest BCUT2D eigenvalue weighted by atomic mass is 79.9. The standard InChI is InChI=1S/C15H13Br3O5/c1-5-12(20)14(22)10(17)7(15(5)23-2)3-6-4-8(19)13(21)11(18)9(6)16/h4,19-22H,3H2,1-2H3. The molecule has 0 heterocycles. The molecule has 0 fully saturated rings. The Labute approximate surface area is 157 Å². The van der Waals surface area contributed by atoms with Gasteiger partial charge in [0, 0.05) is 22.0 Å². The van der Waals surface area contributed by atoms with Crippen LogP contribution in [-0.2, 0) is 6.42 Å². The van der Waals surface area contributed by atoms with E-state index in [1.54, 1.807) is 6.92 Å². The number of phenols is 4. The summed E-state index contributed by atoms with van der Waals surface area (Å²) in [6.07, 6.45) is 0.269. The third-order valence-corrected chi connectivity index (χ3v) is 6.54. The van der Waals surface area contributed by atoms with Crippen LogP contribution in [0.5, 0.6) is 28.7 Å². The average Bonchev–Trinajstić information content (AvgIpc) is 2.53. The molecule has 4 N–H and O–H groups in total. The molecule has 124 valence electrons. The van der Waals surface area contributed by atoms with Crippen LogP contribution in [0, 0.1) is 6.92 Å². The molecule has 0 aliphatic rings. The largest absolute Gasteiger partial charge is 0.504 e. The minimum atomic E-state index is -0.281. The molecule has 0 atom stereocenters. The topological polar surface area (TPSA) is 90.2 Å². The Morgan fingerprint density at radius 1 is 0.913 bits per heavy atom. The van der Waals surface area contributed by atoms with Crippen LogP contribution in [0.15, 0.2) is 19.5 Å². The van der Waals surface area contributed by atoms with E-state index in [-0.39, 0.29) is 29.4 Å². The first kappa shape index (κ1) is 18.2. The number of ether oxygens (including phenoxy) is 1. The van der Waals surface area contributed by atoms with Gasteiger partial charge in [-0.3, -0.25) is 0 Å². The fourth-order valence-corrected chi connectivity index (χ4v) is 3.67. The summed E-state index contributed by atoms with van der Waals surface area (Å²) < 4.78 is 6.53. The summed E-state index contributed by atoms with van der Waals surface area (Å²) in [6.45, 7) is 1.63. The highest BCUT2D eigenvalue weighted by Gasteiger charge is 2.23. The minimum Gasteiger partial charge on any atom is -0.504 e. The van der Waals surface area contributed by atoms with Crippen LogP contribution in [0.2, 0.25) is 0 Å². The molecule has 0 unspecified atom stereocenters. The summed E-state index contributed by atoms with van der Waals surface area (Å²) in [5.41, 5.74) is 1.65. The van der Waals surface area contributed by atoms with Crippen molar-refractivity contribution in [3.63, 3.8) is 0 Å². The third kappa shape index (κ3) is 3.12. The zero-order chi connectivity index (χ0) is 17.5. The van der Waals surface area contributed by atoms with Crippen molar-refractivity contribution < 1.29 is 25.2 Å². The first-order chi connectivity index (χ1) is 10.7. The molecular weight excluding hydrogens is 500 g/mol. The van der Waals surface area contributed by atoms with Gasteiger partial charge in [-0.2, -0.15) is 0 Å². The lowest BCUT2D eigenvalue weighted by molar-refractivity contribution is 0.376. The Morgan fingerprint density at radius 2 is 1.52 bits per heavy atom. The Balaban J connectivity index is 2.67. The maximum absolute atomic E-state index is 10.0. The van der Waals surface area contributed by atoms with Gasteiger partial charge in [-0.1, -0.05) is 0 Å². The van der Waals surface area contributed by atoms with E-state index >= 15 is 0 Å². The maximum atomic E-state index is 10.0. The number of aromatic hydroxyl groups is 4. The molecular formula is C15H13Br3O5. The number of hydrogen-bond acceptors (Lipinski definition) is 5. The Bertz CT molecular complexity index is 790. The smallest absolute Gasteiger partial charge is 0.173 e.